The van der Waals surface area contributed by atoms with E-state index in [2.05, 4.69) is 54.7 Å². The molecule has 0 radical (unpaired) electrons. The van der Waals surface area contributed by atoms with E-state index in [1.807, 2.05) is 11.8 Å². The topological polar surface area (TPSA) is 72.3 Å². The third kappa shape index (κ3) is 6.48. The van der Waals surface area contributed by atoms with E-state index in [-0.39, 0.29) is 11.8 Å². The van der Waals surface area contributed by atoms with Crippen molar-refractivity contribution in [1.29, 1.82) is 0 Å². The molecule has 0 saturated carbocycles. The van der Waals surface area contributed by atoms with Gasteiger partial charge in [0.1, 0.15) is 11.4 Å². The summed E-state index contributed by atoms with van der Waals surface area (Å²) in [7, 11) is 0. The molecule has 1 N–H and O–H groups in total. The van der Waals surface area contributed by atoms with E-state index in [1.165, 1.54) is 43.6 Å². The summed E-state index contributed by atoms with van der Waals surface area (Å²) in [6, 6.07) is 4.31. The number of carbonyl (C=O) groups is 1. The van der Waals surface area contributed by atoms with Gasteiger partial charge in [0.25, 0.3) is 0 Å². The van der Waals surface area contributed by atoms with Crippen LogP contribution in [0.1, 0.15) is 75.4 Å². The van der Waals surface area contributed by atoms with E-state index in [0.29, 0.717) is 11.4 Å². The maximum atomic E-state index is 10.8. The molecular formula is C25H30N2O3S. The van der Waals surface area contributed by atoms with E-state index < -0.39 is 5.97 Å². The fraction of sp³-hybridized carbons (Fsp3) is 0.480. The molecule has 2 aromatic rings. The van der Waals surface area contributed by atoms with Crippen LogP contribution in [0.5, 0.6) is 5.75 Å². The van der Waals surface area contributed by atoms with Gasteiger partial charge < -0.3 is 9.84 Å². The highest BCUT2D eigenvalue weighted by Crippen LogP contribution is 2.41. The molecule has 0 fully saturated rings. The summed E-state index contributed by atoms with van der Waals surface area (Å²) >= 11 is 1.83. The zero-order chi connectivity index (χ0) is 22.3. The summed E-state index contributed by atoms with van der Waals surface area (Å²) in [5.74, 6) is 7.49. The van der Waals surface area contributed by atoms with Crippen LogP contribution >= 0.6 is 11.8 Å². The zero-order valence-electron chi connectivity index (χ0n) is 18.5. The molecule has 0 amide bonds. The molecule has 164 valence electrons. The molecule has 0 bridgehead atoms. The molecule has 3 rings (SSSR count). The van der Waals surface area contributed by atoms with Crippen molar-refractivity contribution in [2.45, 2.75) is 69.6 Å². The normalized spacial score (nSPS) is 14.2. The van der Waals surface area contributed by atoms with Crippen molar-refractivity contribution in [2.24, 2.45) is 0 Å². The molecule has 0 aliphatic carbocycles. The maximum absolute atomic E-state index is 10.8. The standard InChI is InChI=1S/C25H30N2O3S/c1-4-5-6-7-12-31-23-15-22-21(25(2,3)10-11-30-22)13-18(23)8-9-19-16-27-20(17-26-19)14-24(28)29/h13,15-17H,4-7,10-12,14H2,1-3H3,(H,28,29). The van der Waals surface area contributed by atoms with Crippen molar-refractivity contribution in [3.05, 3.63) is 47.0 Å². The Morgan fingerprint density at radius 1 is 1.19 bits per heavy atom. The minimum atomic E-state index is -0.923. The monoisotopic (exact) mass is 438 g/mol. The average molecular weight is 439 g/mol. The van der Waals surface area contributed by atoms with Crippen LogP contribution in [0.15, 0.2) is 29.4 Å². The third-order valence-corrected chi connectivity index (χ3v) is 6.56. The van der Waals surface area contributed by atoms with E-state index in [4.69, 9.17) is 9.84 Å². The Hall–Kier alpha value is -2.52. The number of ether oxygens (including phenoxy) is 1. The highest BCUT2D eigenvalue weighted by atomic mass is 32.2. The van der Waals surface area contributed by atoms with E-state index in [9.17, 15) is 4.79 Å². The number of carboxylic acid groups (broad SMARTS) is 1. The predicted octanol–water partition coefficient (Wildman–Crippen LogP) is 5.24. The van der Waals surface area contributed by atoms with Crippen LogP contribution in [0.4, 0.5) is 0 Å². The highest BCUT2D eigenvalue weighted by Gasteiger charge is 2.29. The SMILES string of the molecule is CCCCCCSc1cc2c(cc1C#Cc1cnc(CC(=O)O)cn1)C(C)(C)CCO2. The molecule has 0 atom stereocenters. The molecular weight excluding hydrogens is 408 g/mol. The summed E-state index contributed by atoms with van der Waals surface area (Å²) < 4.78 is 5.98. The Morgan fingerprint density at radius 2 is 2.03 bits per heavy atom. The van der Waals surface area contributed by atoms with Gasteiger partial charge in [-0.15, -0.1) is 11.8 Å². The fourth-order valence-electron chi connectivity index (χ4n) is 3.49. The number of hydrogen-bond donors (Lipinski definition) is 1. The van der Waals surface area contributed by atoms with Crippen molar-refractivity contribution in [1.82, 2.24) is 9.97 Å². The number of nitrogens with zero attached hydrogens (tertiary/aromatic N) is 2. The molecule has 0 unspecified atom stereocenters. The van der Waals surface area contributed by atoms with E-state index in [1.54, 1.807) is 0 Å². The maximum Gasteiger partial charge on any atom is 0.309 e. The van der Waals surface area contributed by atoms with Crippen LogP contribution in [0.25, 0.3) is 0 Å². The number of hydrogen-bond acceptors (Lipinski definition) is 5. The third-order valence-electron chi connectivity index (χ3n) is 5.41. The zero-order valence-corrected chi connectivity index (χ0v) is 19.3. The van der Waals surface area contributed by atoms with Gasteiger partial charge in [0.05, 0.1) is 31.1 Å². The van der Waals surface area contributed by atoms with Gasteiger partial charge in [-0.05, 0) is 42.1 Å². The average Bonchev–Trinajstić information content (AvgIpc) is 2.72. The molecule has 0 spiro atoms. The first-order valence-electron chi connectivity index (χ1n) is 10.9. The lowest BCUT2D eigenvalue weighted by Gasteiger charge is -2.33. The van der Waals surface area contributed by atoms with E-state index in [0.717, 1.165) is 35.0 Å². The van der Waals surface area contributed by atoms with Crippen molar-refractivity contribution in [2.75, 3.05) is 12.4 Å². The lowest BCUT2D eigenvalue weighted by Crippen LogP contribution is -2.26. The van der Waals surface area contributed by atoms with E-state index >= 15 is 0 Å². The molecule has 1 aliphatic rings. The molecule has 0 saturated heterocycles. The van der Waals surface area contributed by atoms with Gasteiger partial charge in [-0.2, -0.15) is 0 Å². The van der Waals surface area contributed by atoms with Gasteiger partial charge >= 0.3 is 5.97 Å². The van der Waals surface area contributed by atoms with Crippen molar-refractivity contribution < 1.29 is 14.6 Å². The van der Waals surface area contributed by atoms with Crippen molar-refractivity contribution >= 4 is 17.7 Å². The number of fused-ring (bicyclic) bond motifs is 1. The van der Waals surface area contributed by atoms with Gasteiger partial charge in [-0.1, -0.05) is 46.0 Å². The Labute approximate surface area is 189 Å². The lowest BCUT2D eigenvalue weighted by atomic mass is 9.79. The summed E-state index contributed by atoms with van der Waals surface area (Å²) in [6.45, 7) is 7.45. The fourth-order valence-corrected chi connectivity index (χ4v) is 4.51. The van der Waals surface area contributed by atoms with Gasteiger partial charge in [-0.25, -0.2) is 4.98 Å². The van der Waals surface area contributed by atoms with Gasteiger partial charge in [0.15, 0.2) is 0 Å². The van der Waals surface area contributed by atoms with Crippen molar-refractivity contribution in [3.8, 4) is 17.6 Å². The second-order valence-corrected chi connectivity index (χ2v) is 9.59. The van der Waals surface area contributed by atoms with Crippen molar-refractivity contribution in [3.63, 3.8) is 0 Å². The summed E-state index contributed by atoms with van der Waals surface area (Å²) in [6.07, 6.45) is 8.79. The first-order valence-corrected chi connectivity index (χ1v) is 11.9. The van der Waals surface area contributed by atoms with Crippen LogP contribution in [-0.2, 0) is 16.6 Å². The Bertz CT molecular complexity index is 975. The predicted molar refractivity (Wildman–Crippen MR) is 124 cm³/mol. The van der Waals surface area contributed by atoms with Crippen LogP contribution < -0.4 is 4.74 Å². The van der Waals surface area contributed by atoms with Gasteiger partial charge in [-0.3, -0.25) is 9.78 Å². The van der Waals surface area contributed by atoms with Gasteiger partial charge in [0.2, 0.25) is 0 Å². The Morgan fingerprint density at radius 3 is 2.74 bits per heavy atom. The molecule has 31 heavy (non-hydrogen) atoms. The number of thioether (sulfide) groups is 1. The summed E-state index contributed by atoms with van der Waals surface area (Å²) in [5, 5.41) is 8.87. The molecule has 6 heteroatoms. The first kappa shape index (κ1) is 23.1. The highest BCUT2D eigenvalue weighted by molar-refractivity contribution is 7.99. The molecule has 1 aromatic carbocycles. The van der Waals surface area contributed by atoms with Crippen LogP contribution in [0, 0.1) is 11.8 Å². The Kier molecular flexibility index (Phi) is 7.97. The number of aromatic nitrogens is 2. The first-order chi connectivity index (χ1) is 14.9. The van der Waals surface area contributed by atoms with Crippen LogP contribution in [0.3, 0.4) is 0 Å². The number of unbranched alkanes of at least 4 members (excludes halogenated alkanes) is 3. The molecule has 5 nitrogen and oxygen atoms in total. The second-order valence-electron chi connectivity index (χ2n) is 8.45. The largest absolute Gasteiger partial charge is 0.493 e. The second kappa shape index (κ2) is 10.7. The molecule has 1 aliphatic heterocycles. The number of carboxylic acids is 1. The smallest absolute Gasteiger partial charge is 0.309 e. The minimum Gasteiger partial charge on any atom is -0.493 e. The number of aliphatic carboxylic acids is 1. The molecule has 2 heterocycles. The van der Waals surface area contributed by atoms with Gasteiger partial charge in [0, 0.05) is 16.0 Å². The summed E-state index contributed by atoms with van der Waals surface area (Å²) in [4.78, 5) is 20.4. The minimum absolute atomic E-state index is 0.0482. The van der Waals surface area contributed by atoms with Crippen LogP contribution in [0.2, 0.25) is 0 Å². The number of benzene rings is 1. The van der Waals surface area contributed by atoms with Crippen LogP contribution in [-0.4, -0.2) is 33.4 Å². The number of rotatable bonds is 8. The summed E-state index contributed by atoms with van der Waals surface area (Å²) in [5.41, 5.74) is 3.18. The quantitative estimate of drug-likeness (QED) is 0.345. The lowest BCUT2D eigenvalue weighted by molar-refractivity contribution is -0.136. The molecule has 1 aromatic heterocycles. The Balaban J connectivity index is 1.86.